The van der Waals surface area contributed by atoms with E-state index in [2.05, 4.69) is 4.98 Å². The molecule has 0 radical (unpaired) electrons. The van der Waals surface area contributed by atoms with Crippen LogP contribution in [0.4, 0.5) is 0 Å². The molecule has 4 nitrogen and oxygen atoms in total. The lowest BCUT2D eigenvalue weighted by Crippen LogP contribution is -2.25. The van der Waals surface area contributed by atoms with Crippen molar-refractivity contribution in [3.8, 4) is 0 Å². The van der Waals surface area contributed by atoms with Gasteiger partial charge in [-0.15, -0.1) is 0 Å². The van der Waals surface area contributed by atoms with Gasteiger partial charge in [0.25, 0.3) is 0 Å². The molecule has 0 spiro atoms. The predicted molar refractivity (Wildman–Crippen MR) is 54.8 cm³/mol. The summed E-state index contributed by atoms with van der Waals surface area (Å²) in [5.74, 6) is 0. The van der Waals surface area contributed by atoms with Gasteiger partial charge in [-0.2, -0.15) is 0 Å². The van der Waals surface area contributed by atoms with Gasteiger partial charge in [0.2, 0.25) is 7.29 Å². The van der Waals surface area contributed by atoms with E-state index in [1.54, 1.807) is 17.5 Å². The minimum Gasteiger partial charge on any atom is -0.328 e. The zero-order chi connectivity index (χ0) is 10.1. The van der Waals surface area contributed by atoms with E-state index < -0.39 is 7.29 Å². The maximum Gasteiger partial charge on any atom is 0.209 e. The van der Waals surface area contributed by atoms with Gasteiger partial charge < -0.3 is 4.57 Å². The van der Waals surface area contributed by atoms with E-state index in [0.29, 0.717) is 5.57 Å². The summed E-state index contributed by atoms with van der Waals surface area (Å²) < 4.78 is 15.9. The van der Waals surface area contributed by atoms with Gasteiger partial charge in [0, 0.05) is 25.6 Å². The Bertz CT molecular complexity index is 332. The zero-order valence-corrected chi connectivity index (χ0v) is 9.45. The molecule has 0 amide bonds. The lowest BCUT2D eigenvalue weighted by Gasteiger charge is -2.20. The van der Waals surface area contributed by atoms with Gasteiger partial charge in [0.05, 0.1) is 0 Å². The van der Waals surface area contributed by atoms with E-state index in [1.807, 2.05) is 31.8 Å². The first kappa shape index (κ1) is 10.5. The Morgan fingerprint density at radius 3 is 2.69 bits per heavy atom. The first-order chi connectivity index (χ1) is 6.00. The van der Waals surface area contributed by atoms with Gasteiger partial charge in [-0.3, -0.25) is 9.24 Å². The van der Waals surface area contributed by atoms with Crippen molar-refractivity contribution in [3.05, 3.63) is 12.4 Å². The second-order valence-corrected chi connectivity index (χ2v) is 6.20. The van der Waals surface area contributed by atoms with Crippen LogP contribution >= 0.6 is 7.29 Å². The number of hydrogen-bond acceptors (Lipinski definition) is 2. The van der Waals surface area contributed by atoms with Crippen molar-refractivity contribution in [1.82, 2.24) is 14.2 Å². The van der Waals surface area contributed by atoms with Crippen LogP contribution in [0.25, 0.3) is 0 Å². The second-order valence-electron chi connectivity index (χ2n) is 3.24. The Morgan fingerprint density at radius 2 is 2.23 bits per heavy atom. The van der Waals surface area contributed by atoms with Crippen LogP contribution in [0.15, 0.2) is 12.4 Å². The summed E-state index contributed by atoms with van der Waals surface area (Å²) >= 11 is 0. The van der Waals surface area contributed by atoms with E-state index in [9.17, 15) is 4.57 Å². The van der Waals surface area contributed by atoms with Crippen LogP contribution in [0.1, 0.15) is 6.92 Å². The van der Waals surface area contributed by atoms with Crippen LogP contribution in [-0.2, 0) is 11.1 Å². The van der Waals surface area contributed by atoms with Crippen LogP contribution in [0.5, 0.6) is 0 Å². The molecule has 1 unspecified atom stereocenters. The van der Waals surface area contributed by atoms with Crippen molar-refractivity contribution in [2.45, 2.75) is 13.5 Å². The molecule has 0 N–H and O–H groups in total. The van der Waals surface area contributed by atoms with Gasteiger partial charge >= 0.3 is 0 Å². The smallest absolute Gasteiger partial charge is 0.209 e. The third-order valence-electron chi connectivity index (χ3n) is 2.17. The monoisotopic (exact) mass is 201 g/mol. The Kier molecular flexibility index (Phi) is 2.94. The van der Waals surface area contributed by atoms with Crippen LogP contribution in [0, 0.1) is 0 Å². The van der Waals surface area contributed by atoms with E-state index in [4.69, 9.17) is 0 Å². The maximum atomic E-state index is 12.2. The molecule has 0 aromatic carbocycles. The first-order valence-electron chi connectivity index (χ1n) is 4.27. The molecule has 1 rings (SSSR count). The highest BCUT2D eigenvalue weighted by Gasteiger charge is 2.25. The predicted octanol–water partition coefficient (Wildman–Crippen LogP) is 0.998. The van der Waals surface area contributed by atoms with Crippen LogP contribution in [0.2, 0.25) is 0 Å². The summed E-state index contributed by atoms with van der Waals surface area (Å²) in [4.78, 5) is 4.14. The molecular weight excluding hydrogens is 185 g/mol. The fraction of sp³-hybridized carbons (Fsp3) is 0.625. The van der Waals surface area contributed by atoms with Crippen LogP contribution < -0.4 is 5.57 Å². The number of rotatable bonds is 3. The SMILES string of the molecule is CCn1ccnc1P(C)(=O)N(C)C. The fourth-order valence-electron chi connectivity index (χ4n) is 1.09. The molecule has 0 fully saturated rings. The number of aromatic nitrogens is 2. The Hall–Kier alpha value is -0.600. The summed E-state index contributed by atoms with van der Waals surface area (Å²) in [5, 5.41) is 0. The molecule has 1 aromatic heterocycles. The summed E-state index contributed by atoms with van der Waals surface area (Å²) in [6.07, 6.45) is 3.55. The number of nitrogens with zero attached hydrogens (tertiary/aromatic N) is 3. The zero-order valence-electron chi connectivity index (χ0n) is 8.56. The average molecular weight is 201 g/mol. The van der Waals surface area contributed by atoms with Crippen molar-refractivity contribution in [1.29, 1.82) is 0 Å². The highest BCUT2D eigenvalue weighted by atomic mass is 31.2. The molecule has 1 heterocycles. The molecule has 0 aliphatic heterocycles. The van der Waals surface area contributed by atoms with Gasteiger partial charge in [0.1, 0.15) is 0 Å². The van der Waals surface area contributed by atoms with Crippen molar-refractivity contribution < 1.29 is 4.57 Å². The molecule has 5 heteroatoms. The first-order valence-corrected chi connectivity index (χ1v) is 6.37. The van der Waals surface area contributed by atoms with Crippen molar-refractivity contribution in [2.75, 3.05) is 20.8 Å². The Labute approximate surface area is 79.0 Å². The topological polar surface area (TPSA) is 38.1 Å². The van der Waals surface area contributed by atoms with E-state index in [-0.39, 0.29) is 0 Å². The van der Waals surface area contributed by atoms with Gasteiger partial charge in [-0.05, 0) is 21.0 Å². The average Bonchev–Trinajstić information content (AvgIpc) is 2.51. The quantitative estimate of drug-likeness (QED) is 0.685. The summed E-state index contributed by atoms with van der Waals surface area (Å²) in [6.45, 7) is 4.56. The number of aryl methyl sites for hydroxylation is 1. The fourth-order valence-corrected chi connectivity index (χ4v) is 2.42. The lowest BCUT2D eigenvalue weighted by atomic mass is 10.7. The maximum absolute atomic E-state index is 12.2. The number of hydrogen-bond donors (Lipinski definition) is 0. The normalized spacial score (nSPS) is 16.1. The summed E-state index contributed by atoms with van der Waals surface area (Å²) in [6, 6.07) is 0. The number of imidazole rings is 1. The Morgan fingerprint density at radius 1 is 1.62 bits per heavy atom. The standard InChI is InChI=1S/C8H16N3OP/c1-5-11-7-6-9-8(11)13(4,12)10(2)3/h6-7H,5H2,1-4H3. The molecule has 1 aromatic rings. The minimum atomic E-state index is -2.44. The van der Waals surface area contributed by atoms with Gasteiger partial charge in [-0.25, -0.2) is 4.98 Å². The Balaban J connectivity index is 3.14. The minimum absolute atomic E-state index is 0.681. The highest BCUT2D eigenvalue weighted by Crippen LogP contribution is 2.40. The molecule has 0 aliphatic carbocycles. The summed E-state index contributed by atoms with van der Waals surface area (Å²) in [5.41, 5.74) is 0.681. The van der Waals surface area contributed by atoms with Gasteiger partial charge in [0.15, 0.2) is 5.57 Å². The summed E-state index contributed by atoms with van der Waals surface area (Å²) in [7, 11) is 1.19. The molecule has 0 saturated carbocycles. The molecule has 0 bridgehead atoms. The molecule has 13 heavy (non-hydrogen) atoms. The largest absolute Gasteiger partial charge is 0.328 e. The molecule has 74 valence electrons. The highest BCUT2D eigenvalue weighted by molar-refractivity contribution is 7.68. The van der Waals surface area contributed by atoms with Crippen LogP contribution in [-0.4, -0.2) is 35.0 Å². The third-order valence-corrected chi connectivity index (χ3v) is 4.81. The van der Waals surface area contributed by atoms with E-state index in [1.165, 1.54) is 0 Å². The molecule has 0 aliphatic rings. The van der Waals surface area contributed by atoms with E-state index >= 15 is 0 Å². The van der Waals surface area contributed by atoms with Crippen molar-refractivity contribution >= 4 is 12.9 Å². The van der Waals surface area contributed by atoms with Crippen LogP contribution in [0.3, 0.4) is 0 Å². The molecule has 1 atom stereocenters. The second kappa shape index (κ2) is 3.64. The lowest BCUT2D eigenvalue weighted by molar-refractivity contribution is 0.525. The van der Waals surface area contributed by atoms with Crippen molar-refractivity contribution in [3.63, 3.8) is 0 Å². The van der Waals surface area contributed by atoms with Crippen molar-refractivity contribution in [2.24, 2.45) is 0 Å². The molecule has 0 saturated heterocycles. The van der Waals surface area contributed by atoms with Gasteiger partial charge in [-0.1, -0.05) is 0 Å². The van der Waals surface area contributed by atoms with E-state index in [0.717, 1.165) is 6.54 Å². The third kappa shape index (κ3) is 1.84. The molecular formula is C8H16N3OP.